The molecule has 2 aromatic heterocycles. The third-order valence-corrected chi connectivity index (χ3v) is 6.53. The Bertz CT molecular complexity index is 1060. The number of aliphatic imine (C=N–C) groups is 1. The van der Waals surface area contributed by atoms with E-state index in [0.29, 0.717) is 17.7 Å². The molecule has 3 unspecified atom stereocenters. The Labute approximate surface area is 161 Å². The molecule has 0 spiro atoms. The fourth-order valence-corrected chi connectivity index (χ4v) is 5.28. The van der Waals surface area contributed by atoms with E-state index >= 15 is 0 Å². The van der Waals surface area contributed by atoms with Crippen LogP contribution in [-0.2, 0) is 6.42 Å². The van der Waals surface area contributed by atoms with Crippen molar-refractivity contribution in [3.63, 3.8) is 0 Å². The van der Waals surface area contributed by atoms with Crippen LogP contribution in [0.4, 0.5) is 11.8 Å². The minimum Gasteiger partial charge on any atom is -0.383 e. The number of nitrogens with zero attached hydrogens (tertiary/aromatic N) is 3. The summed E-state index contributed by atoms with van der Waals surface area (Å²) in [4.78, 5) is 14.4. The van der Waals surface area contributed by atoms with Gasteiger partial charge in [-0.25, -0.2) is 4.98 Å². The van der Waals surface area contributed by atoms with E-state index in [1.54, 1.807) is 11.3 Å². The van der Waals surface area contributed by atoms with Crippen molar-refractivity contribution in [2.24, 2.45) is 16.8 Å². The van der Waals surface area contributed by atoms with Gasteiger partial charge in [0.05, 0.1) is 11.4 Å². The Morgan fingerprint density at radius 1 is 1.15 bits per heavy atom. The minimum atomic E-state index is 0.177. The van der Waals surface area contributed by atoms with Gasteiger partial charge in [0, 0.05) is 18.1 Å². The summed E-state index contributed by atoms with van der Waals surface area (Å²) < 4.78 is 0. The topological polar surface area (TPSA) is 90.2 Å². The zero-order chi connectivity index (χ0) is 18.4. The molecule has 2 aromatic rings. The molecule has 0 radical (unpaired) electrons. The van der Waals surface area contributed by atoms with Crippen LogP contribution in [0.3, 0.4) is 0 Å². The largest absolute Gasteiger partial charge is 0.383 e. The van der Waals surface area contributed by atoms with Gasteiger partial charge in [-0.2, -0.15) is 4.98 Å². The number of fused-ring (bicyclic) bond motifs is 3. The van der Waals surface area contributed by atoms with E-state index in [1.807, 2.05) is 0 Å². The first-order valence-electron chi connectivity index (χ1n) is 9.26. The first-order chi connectivity index (χ1) is 13.2. The van der Waals surface area contributed by atoms with Crippen LogP contribution >= 0.6 is 11.3 Å². The molecule has 0 fully saturated rings. The lowest BCUT2D eigenvalue weighted by Gasteiger charge is -2.28. The minimum absolute atomic E-state index is 0.177. The average molecular weight is 376 g/mol. The second-order valence-electron chi connectivity index (χ2n) is 7.26. The van der Waals surface area contributed by atoms with Gasteiger partial charge in [0.25, 0.3) is 0 Å². The zero-order valence-electron chi connectivity index (χ0n) is 14.9. The number of hydrogen-bond donors (Lipinski definition) is 2. The second-order valence-corrected chi connectivity index (χ2v) is 8.12. The summed E-state index contributed by atoms with van der Waals surface area (Å²) in [6.07, 6.45) is 18.4. The predicted molar refractivity (Wildman–Crippen MR) is 113 cm³/mol. The summed E-state index contributed by atoms with van der Waals surface area (Å²) in [5, 5.41) is 3.10. The van der Waals surface area contributed by atoms with E-state index in [4.69, 9.17) is 16.5 Å². The number of nitrogen functional groups attached to an aromatic ring is 2. The molecule has 3 aliphatic rings. The summed E-state index contributed by atoms with van der Waals surface area (Å²) in [5.74, 6) is 1.55. The highest BCUT2D eigenvalue weighted by Crippen LogP contribution is 2.37. The van der Waals surface area contributed by atoms with Crippen LogP contribution in [0, 0.1) is 11.8 Å². The third-order valence-electron chi connectivity index (χ3n) is 5.61. The van der Waals surface area contributed by atoms with E-state index in [-0.39, 0.29) is 12.0 Å². The maximum Gasteiger partial charge on any atom is 0.223 e. The molecule has 2 aliphatic carbocycles. The quantitative estimate of drug-likeness (QED) is 0.780. The normalized spacial score (nSPS) is 26.3. The molecule has 0 saturated heterocycles. The molecule has 4 N–H and O–H groups in total. The molecular formula is C21H21N5S. The summed E-state index contributed by atoms with van der Waals surface area (Å²) in [6.45, 7) is 0. The molecule has 136 valence electrons. The van der Waals surface area contributed by atoms with Gasteiger partial charge in [0.1, 0.15) is 10.6 Å². The Kier molecular flexibility index (Phi) is 3.93. The Hall–Kier alpha value is -2.73. The van der Waals surface area contributed by atoms with Gasteiger partial charge in [0.2, 0.25) is 5.95 Å². The first-order valence-corrected chi connectivity index (χ1v) is 10.1. The van der Waals surface area contributed by atoms with Gasteiger partial charge in [0.15, 0.2) is 0 Å². The third kappa shape index (κ3) is 2.90. The molecule has 5 nitrogen and oxygen atoms in total. The first kappa shape index (κ1) is 16.4. The van der Waals surface area contributed by atoms with Gasteiger partial charge in [-0.3, -0.25) is 4.99 Å². The summed E-state index contributed by atoms with van der Waals surface area (Å²) in [6, 6.07) is 0.177. The maximum absolute atomic E-state index is 6.15. The van der Waals surface area contributed by atoms with Crippen LogP contribution in [0.1, 0.15) is 18.4 Å². The van der Waals surface area contributed by atoms with Crippen molar-refractivity contribution in [3.05, 3.63) is 59.0 Å². The fraction of sp³-hybridized carbons (Fsp3) is 0.286. The maximum atomic E-state index is 6.15. The second kappa shape index (κ2) is 6.46. The number of allylic oxidation sites excluding steroid dienone is 5. The van der Waals surface area contributed by atoms with E-state index in [1.165, 1.54) is 16.8 Å². The number of hydrogen-bond acceptors (Lipinski definition) is 6. The van der Waals surface area contributed by atoms with Gasteiger partial charge in [-0.15, -0.1) is 11.3 Å². The SMILES string of the molecule is Nc1nc(N)c2c(CC3C=CCC4=NC5C=CC=CC5=CCC43)csc2n1. The van der Waals surface area contributed by atoms with Crippen LogP contribution in [0.25, 0.3) is 10.2 Å². The molecule has 3 heterocycles. The molecule has 5 rings (SSSR count). The molecule has 27 heavy (non-hydrogen) atoms. The molecule has 1 aliphatic heterocycles. The lowest BCUT2D eigenvalue weighted by atomic mass is 9.77. The number of aromatic nitrogens is 2. The fourth-order valence-electron chi connectivity index (χ4n) is 4.31. The van der Waals surface area contributed by atoms with Crippen molar-refractivity contribution in [3.8, 4) is 0 Å². The van der Waals surface area contributed by atoms with Crippen molar-refractivity contribution in [2.75, 3.05) is 11.5 Å². The van der Waals surface area contributed by atoms with Gasteiger partial charge >= 0.3 is 0 Å². The van der Waals surface area contributed by atoms with E-state index in [0.717, 1.165) is 29.5 Å². The smallest absolute Gasteiger partial charge is 0.223 e. The molecule has 6 heteroatoms. The van der Waals surface area contributed by atoms with Crippen LogP contribution in [0.5, 0.6) is 0 Å². The van der Waals surface area contributed by atoms with Gasteiger partial charge in [-0.05, 0) is 35.3 Å². The predicted octanol–water partition coefficient (Wildman–Crippen LogP) is 3.86. The number of nitrogens with two attached hydrogens (primary N) is 2. The summed E-state index contributed by atoms with van der Waals surface area (Å²) in [7, 11) is 0. The van der Waals surface area contributed by atoms with Crippen LogP contribution in [-0.4, -0.2) is 21.7 Å². The highest BCUT2D eigenvalue weighted by molar-refractivity contribution is 7.17. The van der Waals surface area contributed by atoms with Gasteiger partial charge < -0.3 is 11.5 Å². The Morgan fingerprint density at radius 3 is 3.00 bits per heavy atom. The van der Waals surface area contributed by atoms with E-state index in [2.05, 4.69) is 57.9 Å². The van der Waals surface area contributed by atoms with Gasteiger partial charge in [-0.1, -0.05) is 42.5 Å². The zero-order valence-corrected chi connectivity index (χ0v) is 15.7. The monoisotopic (exact) mass is 375 g/mol. The van der Waals surface area contributed by atoms with Crippen LogP contribution in [0.2, 0.25) is 0 Å². The van der Waals surface area contributed by atoms with E-state index in [9.17, 15) is 0 Å². The highest BCUT2D eigenvalue weighted by Gasteiger charge is 2.30. The lowest BCUT2D eigenvalue weighted by Crippen LogP contribution is -2.27. The van der Waals surface area contributed by atoms with Crippen LogP contribution < -0.4 is 11.5 Å². The molecule has 0 bridgehead atoms. The number of anilines is 2. The van der Waals surface area contributed by atoms with Crippen molar-refractivity contribution in [1.82, 2.24) is 9.97 Å². The highest BCUT2D eigenvalue weighted by atomic mass is 32.1. The molecule has 0 amide bonds. The van der Waals surface area contributed by atoms with Crippen molar-refractivity contribution in [2.45, 2.75) is 25.3 Å². The molecule has 0 saturated carbocycles. The summed E-state index contributed by atoms with van der Waals surface area (Å²) in [5.41, 5.74) is 15.7. The van der Waals surface area contributed by atoms with Crippen molar-refractivity contribution in [1.29, 1.82) is 0 Å². The molecule has 0 aromatic carbocycles. The van der Waals surface area contributed by atoms with Crippen molar-refractivity contribution >= 4 is 39.0 Å². The number of rotatable bonds is 2. The van der Waals surface area contributed by atoms with Crippen molar-refractivity contribution < 1.29 is 0 Å². The Morgan fingerprint density at radius 2 is 2.07 bits per heavy atom. The average Bonchev–Trinajstić information content (AvgIpc) is 2.94. The lowest BCUT2D eigenvalue weighted by molar-refractivity contribution is 0.492. The number of thiophene rings is 1. The molecular weight excluding hydrogens is 354 g/mol. The Balaban J connectivity index is 1.49. The van der Waals surface area contributed by atoms with Crippen LogP contribution in [0.15, 0.2) is 58.5 Å². The molecule has 3 atom stereocenters. The summed E-state index contributed by atoms with van der Waals surface area (Å²) >= 11 is 1.58. The van der Waals surface area contributed by atoms with E-state index < -0.39 is 0 Å². The standard InChI is InChI=1S/C21H21N5S/c22-19-18-14(11-27-20(18)26-21(23)25-19)10-13-5-3-7-17-15(13)9-8-12-4-1-2-6-16(12)24-17/h1-6,8,11,13,15-16H,7,9-10H2,(H4,22,23,25,26).